The van der Waals surface area contributed by atoms with Gasteiger partial charge in [0, 0.05) is 81.4 Å². The maximum atomic E-state index is 13.4. The molecule has 1 aromatic carbocycles. The van der Waals surface area contributed by atoms with Crippen LogP contribution in [0.2, 0.25) is 5.02 Å². The summed E-state index contributed by atoms with van der Waals surface area (Å²) in [5.41, 5.74) is 5.38. The summed E-state index contributed by atoms with van der Waals surface area (Å²) in [4.78, 5) is 23.5. The molecule has 0 bridgehead atoms. The predicted molar refractivity (Wildman–Crippen MR) is 183 cm³/mol. The number of benzene rings is 1. The van der Waals surface area contributed by atoms with Gasteiger partial charge in [0.1, 0.15) is 0 Å². The van der Waals surface area contributed by atoms with Crippen molar-refractivity contribution in [2.45, 2.75) is 86.4 Å². The summed E-state index contributed by atoms with van der Waals surface area (Å²) in [5, 5.41) is 3.86. The second kappa shape index (κ2) is 17.8. The number of hydrogen-bond acceptors (Lipinski definition) is 5. The van der Waals surface area contributed by atoms with Gasteiger partial charge in [0.15, 0.2) is 0 Å². The zero-order chi connectivity index (χ0) is 31.4. The molecule has 43 heavy (non-hydrogen) atoms. The van der Waals surface area contributed by atoms with E-state index in [9.17, 15) is 4.79 Å². The Morgan fingerprint density at radius 2 is 1.65 bits per heavy atom. The number of piperazine rings is 1. The Kier molecular flexibility index (Phi) is 14.5. The van der Waals surface area contributed by atoms with Crippen LogP contribution < -0.4 is 5.32 Å². The molecule has 2 aliphatic heterocycles. The highest BCUT2D eigenvalue weighted by Crippen LogP contribution is 2.21. The molecule has 1 amide bonds. The molecule has 238 valence electrons. The van der Waals surface area contributed by atoms with Crippen LogP contribution in [0.1, 0.15) is 71.9 Å². The minimum Gasteiger partial charge on any atom is -0.351 e. The molecule has 1 N–H and O–H groups in total. The second-order valence-corrected chi connectivity index (χ2v) is 12.9. The van der Waals surface area contributed by atoms with Gasteiger partial charge in [-0.3, -0.25) is 14.6 Å². The zero-order valence-corrected chi connectivity index (χ0v) is 28.6. The molecule has 1 aromatic rings. The Morgan fingerprint density at radius 3 is 2.28 bits per heavy atom. The highest BCUT2D eigenvalue weighted by Gasteiger charge is 2.20. The standard InChI is InChI=1S/C36H56ClN5O/c1-8-33-13-10-9-11-14-34(36(43)38-26-32-15-16-35(37)30(6)25-32)27-41(31(33)7)18-12-17-39-19-21-40(22-20-39)23-24-42(28(2)3)29(4)5/h9-11,14-16,25,27-29H,8,12-13,17-24,26H2,1-7H3,(H,38,43)/b10-9?,14-11+,33-31+,34-27+. The number of nitrogens with one attached hydrogen (secondary N) is 1. The molecule has 0 spiro atoms. The molecule has 2 heterocycles. The van der Waals surface area contributed by atoms with E-state index in [1.165, 1.54) is 11.3 Å². The van der Waals surface area contributed by atoms with Gasteiger partial charge in [-0.25, -0.2) is 0 Å². The molecule has 0 aliphatic carbocycles. The molecule has 0 aromatic heterocycles. The number of amides is 1. The summed E-state index contributed by atoms with van der Waals surface area (Å²) in [6, 6.07) is 7.06. The fraction of sp³-hybridized carbons (Fsp3) is 0.583. The molecule has 0 radical (unpaired) electrons. The van der Waals surface area contributed by atoms with Crippen LogP contribution in [0.3, 0.4) is 0 Å². The van der Waals surface area contributed by atoms with Crippen molar-refractivity contribution < 1.29 is 4.79 Å². The minimum absolute atomic E-state index is 0.0710. The number of carbonyl (C=O) groups excluding carboxylic acids is 1. The largest absolute Gasteiger partial charge is 0.351 e. The summed E-state index contributed by atoms with van der Waals surface area (Å²) in [5.74, 6) is -0.0710. The quantitative estimate of drug-likeness (QED) is 0.267. The summed E-state index contributed by atoms with van der Waals surface area (Å²) in [6.45, 7) is 24.9. The lowest BCUT2D eigenvalue weighted by atomic mass is 10.1. The van der Waals surface area contributed by atoms with Gasteiger partial charge < -0.3 is 15.1 Å². The van der Waals surface area contributed by atoms with E-state index in [0.29, 0.717) is 24.2 Å². The molecule has 0 saturated carbocycles. The summed E-state index contributed by atoms with van der Waals surface area (Å²) in [6.07, 6.45) is 13.2. The fourth-order valence-electron chi connectivity index (χ4n) is 6.05. The van der Waals surface area contributed by atoms with Crippen molar-refractivity contribution in [3.8, 4) is 0 Å². The monoisotopic (exact) mass is 609 g/mol. The van der Waals surface area contributed by atoms with Gasteiger partial charge in [-0.1, -0.05) is 48.9 Å². The van der Waals surface area contributed by atoms with Gasteiger partial charge >= 0.3 is 0 Å². The number of aryl methyl sites for hydroxylation is 1. The Morgan fingerprint density at radius 1 is 0.977 bits per heavy atom. The lowest BCUT2D eigenvalue weighted by molar-refractivity contribution is -0.117. The Bertz CT molecular complexity index is 1150. The van der Waals surface area contributed by atoms with Crippen molar-refractivity contribution in [3.63, 3.8) is 0 Å². The first-order chi connectivity index (χ1) is 20.6. The van der Waals surface area contributed by atoms with Crippen LogP contribution in [0, 0.1) is 6.92 Å². The Balaban J connectivity index is 1.60. The van der Waals surface area contributed by atoms with Crippen LogP contribution in [0.15, 0.2) is 65.5 Å². The van der Waals surface area contributed by atoms with E-state index in [4.69, 9.17) is 11.6 Å². The van der Waals surface area contributed by atoms with E-state index in [-0.39, 0.29) is 5.91 Å². The van der Waals surface area contributed by atoms with Crippen molar-refractivity contribution >= 4 is 17.5 Å². The molecular weight excluding hydrogens is 554 g/mol. The van der Waals surface area contributed by atoms with Crippen LogP contribution in [-0.4, -0.2) is 89.9 Å². The molecule has 3 rings (SSSR count). The minimum atomic E-state index is -0.0710. The van der Waals surface area contributed by atoms with Gasteiger partial charge in [0.2, 0.25) is 0 Å². The summed E-state index contributed by atoms with van der Waals surface area (Å²) < 4.78 is 0. The van der Waals surface area contributed by atoms with E-state index < -0.39 is 0 Å². The SMILES string of the molecule is CC/C1=C(/C)N(CCCN2CCN(CCN(C(C)C)C(C)C)CC2)/C=C(C(=O)NCc2ccc(Cl)c(C)c2)\C=C\C=CC1. The molecule has 1 saturated heterocycles. The number of nitrogens with zero attached hydrogens (tertiary/aromatic N) is 4. The number of hydrogen-bond donors (Lipinski definition) is 1. The lowest BCUT2D eigenvalue weighted by Crippen LogP contribution is -2.50. The Labute approximate surface area is 267 Å². The zero-order valence-electron chi connectivity index (χ0n) is 27.8. The molecule has 6 nitrogen and oxygen atoms in total. The molecule has 1 fully saturated rings. The number of carbonyl (C=O) groups is 1. The number of rotatable bonds is 13. The fourth-order valence-corrected chi connectivity index (χ4v) is 6.16. The van der Waals surface area contributed by atoms with E-state index in [1.54, 1.807) is 0 Å². The molecule has 7 heteroatoms. The normalized spacial score (nSPS) is 21.0. The van der Waals surface area contributed by atoms with Crippen molar-refractivity contribution in [2.24, 2.45) is 0 Å². The predicted octanol–water partition coefficient (Wildman–Crippen LogP) is 6.78. The highest BCUT2D eigenvalue weighted by molar-refractivity contribution is 6.31. The third-order valence-electron chi connectivity index (χ3n) is 8.83. The molecule has 0 atom stereocenters. The third kappa shape index (κ3) is 11.2. The van der Waals surface area contributed by atoms with Gasteiger partial charge in [0.05, 0.1) is 5.57 Å². The maximum absolute atomic E-state index is 13.4. The van der Waals surface area contributed by atoms with Gasteiger partial charge in [-0.15, -0.1) is 0 Å². The van der Waals surface area contributed by atoms with Crippen LogP contribution in [0.4, 0.5) is 0 Å². The third-order valence-corrected chi connectivity index (χ3v) is 9.25. The van der Waals surface area contributed by atoms with Crippen LogP contribution >= 0.6 is 11.6 Å². The Hall–Kier alpha value is -2.38. The number of allylic oxidation sites excluding steroid dienone is 5. The first-order valence-electron chi connectivity index (χ1n) is 16.3. The van der Waals surface area contributed by atoms with E-state index in [2.05, 4.69) is 78.7 Å². The van der Waals surface area contributed by atoms with Crippen molar-refractivity contribution in [1.82, 2.24) is 24.9 Å². The molecule has 2 aliphatic rings. The molecular formula is C36H56ClN5O. The topological polar surface area (TPSA) is 42.1 Å². The maximum Gasteiger partial charge on any atom is 0.253 e. The van der Waals surface area contributed by atoms with Crippen LogP contribution in [0.5, 0.6) is 0 Å². The van der Waals surface area contributed by atoms with E-state index in [1.807, 2.05) is 43.4 Å². The average Bonchev–Trinajstić information content (AvgIpc) is 2.98. The summed E-state index contributed by atoms with van der Waals surface area (Å²) >= 11 is 6.19. The van der Waals surface area contributed by atoms with Crippen LogP contribution in [0.25, 0.3) is 0 Å². The lowest BCUT2D eigenvalue weighted by Gasteiger charge is -2.37. The average molecular weight is 610 g/mol. The first kappa shape index (κ1) is 35.1. The van der Waals surface area contributed by atoms with Crippen LogP contribution in [-0.2, 0) is 11.3 Å². The summed E-state index contributed by atoms with van der Waals surface area (Å²) in [7, 11) is 0. The van der Waals surface area contributed by atoms with Gasteiger partial charge in [-0.2, -0.15) is 0 Å². The van der Waals surface area contributed by atoms with Crippen molar-refractivity contribution in [2.75, 3.05) is 52.4 Å². The first-order valence-corrected chi connectivity index (χ1v) is 16.7. The molecule has 0 unspecified atom stereocenters. The van der Waals surface area contributed by atoms with E-state index >= 15 is 0 Å². The van der Waals surface area contributed by atoms with Gasteiger partial charge in [0.25, 0.3) is 5.91 Å². The van der Waals surface area contributed by atoms with Crippen molar-refractivity contribution in [3.05, 3.63) is 81.7 Å². The second-order valence-electron chi connectivity index (χ2n) is 12.5. The highest BCUT2D eigenvalue weighted by atomic mass is 35.5. The van der Waals surface area contributed by atoms with Crippen molar-refractivity contribution in [1.29, 1.82) is 0 Å². The van der Waals surface area contributed by atoms with Gasteiger partial charge in [-0.05, 0) is 96.2 Å². The van der Waals surface area contributed by atoms with E-state index in [0.717, 1.165) is 87.8 Å². The number of halogens is 1. The smallest absolute Gasteiger partial charge is 0.253 e.